The van der Waals surface area contributed by atoms with Crippen LogP contribution < -0.4 is 4.74 Å². The highest BCUT2D eigenvalue weighted by Gasteiger charge is 2.17. The van der Waals surface area contributed by atoms with Gasteiger partial charge in [0.05, 0.1) is 0 Å². The summed E-state index contributed by atoms with van der Waals surface area (Å²) in [4.78, 5) is 0. The molecule has 1 saturated heterocycles. The first-order chi connectivity index (χ1) is 11.7. The van der Waals surface area contributed by atoms with E-state index in [4.69, 9.17) is 9.47 Å². The van der Waals surface area contributed by atoms with Gasteiger partial charge in [0, 0.05) is 35.5 Å². The lowest BCUT2D eigenvalue weighted by molar-refractivity contribution is 0.0725. The van der Waals surface area contributed by atoms with E-state index in [9.17, 15) is 8.60 Å². The van der Waals surface area contributed by atoms with Gasteiger partial charge < -0.3 is 9.47 Å². The third kappa shape index (κ3) is 4.89. The second-order valence-electron chi connectivity index (χ2n) is 5.99. The molecule has 0 spiro atoms. The van der Waals surface area contributed by atoms with E-state index in [1.165, 1.54) is 6.07 Å². The Labute approximate surface area is 144 Å². The first kappa shape index (κ1) is 17.1. The molecule has 0 saturated carbocycles. The minimum absolute atomic E-state index is 0.181. The molecule has 2 aromatic carbocycles. The standard InChI is InChI=1S/C19H21FO3S/c20-18-12-16(14-24(21)13-15-8-10-22-11-9-15)6-7-19(18)23-17-4-2-1-3-5-17/h1-7,12,15H,8-11,13-14H2. The molecule has 2 aromatic rings. The summed E-state index contributed by atoms with van der Waals surface area (Å²) in [6.45, 7) is 1.50. The summed E-state index contributed by atoms with van der Waals surface area (Å²) in [5.41, 5.74) is 0.735. The molecule has 5 heteroatoms. The van der Waals surface area contributed by atoms with Crippen LogP contribution >= 0.6 is 0 Å². The molecule has 3 nitrogen and oxygen atoms in total. The topological polar surface area (TPSA) is 35.5 Å². The lowest BCUT2D eigenvalue weighted by Gasteiger charge is -2.21. The Morgan fingerprint density at radius 3 is 2.58 bits per heavy atom. The first-order valence-corrected chi connectivity index (χ1v) is 9.63. The Morgan fingerprint density at radius 1 is 1.12 bits per heavy atom. The number of rotatable bonds is 6. The zero-order valence-corrected chi connectivity index (χ0v) is 14.3. The highest BCUT2D eigenvalue weighted by molar-refractivity contribution is 7.84. The lowest BCUT2D eigenvalue weighted by atomic mass is 10.0. The largest absolute Gasteiger partial charge is 0.454 e. The van der Waals surface area contributed by atoms with Crippen LogP contribution in [0.25, 0.3) is 0 Å². The first-order valence-electron chi connectivity index (χ1n) is 8.15. The van der Waals surface area contributed by atoms with E-state index in [1.54, 1.807) is 24.3 Å². The van der Waals surface area contributed by atoms with Crippen LogP contribution in [0.1, 0.15) is 18.4 Å². The lowest BCUT2D eigenvalue weighted by Crippen LogP contribution is -2.21. The van der Waals surface area contributed by atoms with Crippen LogP contribution in [0.3, 0.4) is 0 Å². The number of hydrogen-bond acceptors (Lipinski definition) is 3. The van der Waals surface area contributed by atoms with E-state index >= 15 is 0 Å². The van der Waals surface area contributed by atoms with Crippen LogP contribution in [0.2, 0.25) is 0 Å². The van der Waals surface area contributed by atoms with E-state index in [1.807, 2.05) is 18.2 Å². The molecule has 1 heterocycles. The molecule has 1 aliphatic heterocycles. The van der Waals surface area contributed by atoms with Crippen molar-refractivity contribution in [2.24, 2.45) is 5.92 Å². The van der Waals surface area contributed by atoms with E-state index in [0.29, 0.717) is 23.2 Å². The monoisotopic (exact) mass is 348 g/mol. The SMILES string of the molecule is O=S(Cc1ccc(Oc2ccccc2)c(F)c1)CC1CCOCC1. The van der Waals surface area contributed by atoms with Gasteiger partial charge in [-0.2, -0.15) is 0 Å². The van der Waals surface area contributed by atoms with Crippen LogP contribution in [0.5, 0.6) is 11.5 Å². The molecule has 0 bridgehead atoms. The third-order valence-electron chi connectivity index (χ3n) is 4.06. The number of para-hydroxylation sites is 1. The molecule has 1 fully saturated rings. The fourth-order valence-corrected chi connectivity index (χ4v) is 4.28. The molecule has 1 aliphatic rings. The molecule has 0 radical (unpaired) electrons. The van der Waals surface area contributed by atoms with Gasteiger partial charge in [-0.25, -0.2) is 4.39 Å². The van der Waals surface area contributed by atoms with Gasteiger partial charge in [-0.3, -0.25) is 4.21 Å². The Balaban J connectivity index is 1.58. The molecule has 0 aromatic heterocycles. The van der Waals surface area contributed by atoms with Gasteiger partial charge in [0.2, 0.25) is 0 Å². The van der Waals surface area contributed by atoms with E-state index in [0.717, 1.165) is 31.6 Å². The quantitative estimate of drug-likeness (QED) is 0.781. The summed E-state index contributed by atoms with van der Waals surface area (Å²) in [6.07, 6.45) is 1.92. The molecule has 1 unspecified atom stereocenters. The predicted molar refractivity (Wildman–Crippen MR) is 93.2 cm³/mol. The van der Waals surface area contributed by atoms with Gasteiger partial charge in [0.1, 0.15) is 5.75 Å². The number of benzene rings is 2. The number of ether oxygens (including phenoxy) is 2. The van der Waals surface area contributed by atoms with Crippen LogP contribution in [0, 0.1) is 11.7 Å². The molecule has 24 heavy (non-hydrogen) atoms. The molecular formula is C19H21FO3S. The summed E-state index contributed by atoms with van der Waals surface area (Å²) in [5, 5.41) is 0. The van der Waals surface area contributed by atoms with E-state index in [-0.39, 0.29) is 5.75 Å². The maximum atomic E-state index is 14.2. The van der Waals surface area contributed by atoms with Crippen molar-refractivity contribution in [2.45, 2.75) is 18.6 Å². The fraction of sp³-hybridized carbons (Fsp3) is 0.368. The second-order valence-corrected chi connectivity index (χ2v) is 7.49. The highest BCUT2D eigenvalue weighted by Crippen LogP contribution is 2.25. The maximum absolute atomic E-state index is 14.2. The van der Waals surface area contributed by atoms with Crippen molar-refractivity contribution in [3.8, 4) is 11.5 Å². The molecule has 1 atom stereocenters. The normalized spacial score (nSPS) is 16.7. The van der Waals surface area contributed by atoms with Gasteiger partial charge in [0.15, 0.2) is 11.6 Å². The molecule has 128 valence electrons. The Hall–Kier alpha value is -1.72. The van der Waals surface area contributed by atoms with Gasteiger partial charge in [-0.1, -0.05) is 24.3 Å². The molecular weight excluding hydrogens is 327 g/mol. The zero-order chi connectivity index (χ0) is 16.8. The van der Waals surface area contributed by atoms with Crippen molar-refractivity contribution in [3.05, 3.63) is 59.9 Å². The van der Waals surface area contributed by atoms with Gasteiger partial charge >= 0.3 is 0 Å². The second kappa shape index (κ2) is 8.40. The molecule has 3 rings (SSSR count). The maximum Gasteiger partial charge on any atom is 0.166 e. The summed E-state index contributed by atoms with van der Waals surface area (Å²) < 4.78 is 37.3. The van der Waals surface area contributed by atoms with Gasteiger partial charge in [-0.05, 0) is 48.6 Å². The van der Waals surface area contributed by atoms with Gasteiger partial charge in [-0.15, -0.1) is 0 Å². The van der Waals surface area contributed by atoms with Crippen LogP contribution in [0.15, 0.2) is 48.5 Å². The van der Waals surface area contributed by atoms with Crippen molar-refractivity contribution < 1.29 is 18.1 Å². The fourth-order valence-electron chi connectivity index (χ4n) is 2.75. The smallest absolute Gasteiger partial charge is 0.166 e. The van der Waals surface area contributed by atoms with Crippen LogP contribution in [0.4, 0.5) is 4.39 Å². The summed E-state index contributed by atoms with van der Waals surface area (Å²) in [5.74, 6) is 1.82. The zero-order valence-electron chi connectivity index (χ0n) is 13.4. The van der Waals surface area contributed by atoms with E-state index < -0.39 is 16.6 Å². The van der Waals surface area contributed by atoms with Crippen molar-refractivity contribution in [2.75, 3.05) is 19.0 Å². The summed E-state index contributed by atoms with van der Waals surface area (Å²) in [7, 11) is -0.984. The van der Waals surface area contributed by atoms with E-state index in [2.05, 4.69) is 0 Å². The molecule has 0 amide bonds. The van der Waals surface area contributed by atoms with Gasteiger partial charge in [0.25, 0.3) is 0 Å². The average Bonchev–Trinajstić information content (AvgIpc) is 2.59. The van der Waals surface area contributed by atoms with Crippen LogP contribution in [-0.2, 0) is 21.3 Å². The Bertz CT molecular complexity index is 684. The van der Waals surface area contributed by atoms with Crippen molar-refractivity contribution in [1.29, 1.82) is 0 Å². The molecule has 0 aliphatic carbocycles. The number of halogens is 1. The van der Waals surface area contributed by atoms with Crippen LogP contribution in [-0.4, -0.2) is 23.2 Å². The minimum Gasteiger partial charge on any atom is -0.454 e. The Morgan fingerprint density at radius 2 is 1.88 bits per heavy atom. The average molecular weight is 348 g/mol. The summed E-state index contributed by atoms with van der Waals surface area (Å²) in [6, 6.07) is 13.9. The third-order valence-corrected chi connectivity index (χ3v) is 5.56. The highest BCUT2D eigenvalue weighted by atomic mass is 32.2. The van der Waals surface area contributed by atoms with Crippen molar-refractivity contribution in [1.82, 2.24) is 0 Å². The van der Waals surface area contributed by atoms with Crippen molar-refractivity contribution >= 4 is 10.8 Å². The Kier molecular flexibility index (Phi) is 5.99. The number of hydrogen-bond donors (Lipinski definition) is 0. The van der Waals surface area contributed by atoms with Crippen molar-refractivity contribution in [3.63, 3.8) is 0 Å². The molecule has 0 N–H and O–H groups in total. The predicted octanol–water partition coefficient (Wildman–Crippen LogP) is 4.29. The minimum atomic E-state index is -0.984. The summed E-state index contributed by atoms with van der Waals surface area (Å²) >= 11 is 0.